The number of amides is 4. The molecule has 1 saturated heterocycles. The van der Waals surface area contributed by atoms with Crippen LogP contribution < -0.4 is 0 Å². The van der Waals surface area contributed by atoms with E-state index in [2.05, 4.69) is 0 Å². The number of imide groups is 2. The molecule has 1 fully saturated rings. The van der Waals surface area contributed by atoms with Crippen LogP contribution in [0.15, 0.2) is 41.8 Å². The van der Waals surface area contributed by atoms with Gasteiger partial charge in [0.1, 0.15) is 0 Å². The third-order valence-electron chi connectivity index (χ3n) is 3.97. The summed E-state index contributed by atoms with van der Waals surface area (Å²) in [5.41, 5.74) is 1.40. The lowest BCUT2D eigenvalue weighted by molar-refractivity contribution is -0.143. The number of hydrogen-bond acceptors (Lipinski definition) is 5. The molecule has 0 saturated carbocycles. The van der Waals surface area contributed by atoms with Crippen molar-refractivity contribution in [3.05, 3.63) is 57.8 Å². The summed E-state index contributed by atoms with van der Waals surface area (Å²) in [6, 6.07) is 9.88. The zero-order valence-electron chi connectivity index (χ0n) is 13.6. The van der Waals surface area contributed by atoms with Crippen molar-refractivity contribution in [1.29, 1.82) is 0 Å². The van der Waals surface area contributed by atoms with E-state index >= 15 is 0 Å². The van der Waals surface area contributed by atoms with Gasteiger partial charge in [0.25, 0.3) is 0 Å². The van der Waals surface area contributed by atoms with Crippen molar-refractivity contribution in [2.75, 3.05) is 13.1 Å². The Bertz CT molecular complexity index is 827. The summed E-state index contributed by atoms with van der Waals surface area (Å²) in [7, 11) is 0. The molecular weight excluding hydrogens is 340 g/mol. The summed E-state index contributed by atoms with van der Waals surface area (Å²) in [5, 5.41) is 1.90. The van der Waals surface area contributed by atoms with E-state index < -0.39 is 24.4 Å². The monoisotopic (exact) mass is 356 g/mol. The van der Waals surface area contributed by atoms with Gasteiger partial charge >= 0.3 is 17.8 Å². The van der Waals surface area contributed by atoms with Crippen LogP contribution >= 0.6 is 11.3 Å². The van der Waals surface area contributed by atoms with Gasteiger partial charge in [-0.25, -0.2) is 9.69 Å². The smallest absolute Gasteiger partial charge is 0.292 e. The Morgan fingerprint density at radius 3 is 2.32 bits per heavy atom. The van der Waals surface area contributed by atoms with Gasteiger partial charge in [-0.05, 0) is 18.4 Å². The molecule has 25 heavy (non-hydrogen) atoms. The van der Waals surface area contributed by atoms with Gasteiger partial charge in [0.2, 0.25) is 0 Å². The molecule has 1 aliphatic heterocycles. The van der Waals surface area contributed by atoms with Gasteiger partial charge < -0.3 is 0 Å². The van der Waals surface area contributed by atoms with E-state index in [-0.39, 0.29) is 12.3 Å². The van der Waals surface area contributed by atoms with Gasteiger partial charge in [0.15, 0.2) is 5.78 Å². The Morgan fingerprint density at radius 2 is 1.68 bits per heavy atom. The molecule has 0 radical (unpaired) electrons. The number of ketones is 1. The first-order valence-corrected chi connectivity index (χ1v) is 8.65. The highest BCUT2D eigenvalue weighted by Crippen LogP contribution is 2.16. The summed E-state index contributed by atoms with van der Waals surface area (Å²) >= 11 is 1.52. The molecule has 0 spiro atoms. The number of urea groups is 1. The Kier molecular flexibility index (Phi) is 4.76. The van der Waals surface area contributed by atoms with Crippen molar-refractivity contribution in [3.8, 4) is 0 Å². The van der Waals surface area contributed by atoms with Crippen molar-refractivity contribution in [1.82, 2.24) is 9.80 Å². The summed E-state index contributed by atoms with van der Waals surface area (Å²) in [6.45, 7) is 1.59. The lowest BCUT2D eigenvalue weighted by Crippen LogP contribution is -2.37. The molecule has 4 amide bonds. The molecule has 2 aromatic rings. The van der Waals surface area contributed by atoms with Crippen molar-refractivity contribution < 1.29 is 19.2 Å². The maximum atomic E-state index is 12.4. The molecule has 0 unspecified atom stereocenters. The molecule has 1 aromatic carbocycles. The maximum absolute atomic E-state index is 12.4. The normalized spacial score (nSPS) is 14.5. The fraction of sp³-hybridized carbons (Fsp3) is 0.222. The highest BCUT2D eigenvalue weighted by atomic mass is 32.1. The third-order valence-corrected chi connectivity index (χ3v) is 4.91. The summed E-state index contributed by atoms with van der Waals surface area (Å²) < 4.78 is 0. The second-order valence-corrected chi connectivity index (χ2v) is 6.78. The largest absolute Gasteiger partial charge is 0.334 e. The SMILES string of the molecule is Cc1ccc(C(=O)CN2C(=O)C(=O)N(CCc3cccs3)C2=O)cc1. The topological polar surface area (TPSA) is 74.8 Å². The fourth-order valence-corrected chi connectivity index (χ4v) is 3.24. The van der Waals surface area contributed by atoms with E-state index in [4.69, 9.17) is 0 Å². The lowest BCUT2D eigenvalue weighted by Gasteiger charge is -2.14. The number of carbonyl (C=O) groups excluding carboxylic acids is 4. The highest BCUT2D eigenvalue weighted by molar-refractivity contribution is 7.09. The first-order chi connectivity index (χ1) is 12.0. The highest BCUT2D eigenvalue weighted by Gasteiger charge is 2.44. The van der Waals surface area contributed by atoms with E-state index in [1.165, 1.54) is 11.3 Å². The van der Waals surface area contributed by atoms with Crippen LogP contribution in [-0.2, 0) is 16.0 Å². The number of carbonyl (C=O) groups is 4. The van der Waals surface area contributed by atoms with E-state index in [9.17, 15) is 19.2 Å². The van der Waals surface area contributed by atoms with Gasteiger partial charge in [-0.2, -0.15) is 0 Å². The second kappa shape index (κ2) is 6.98. The minimum Gasteiger partial charge on any atom is -0.292 e. The predicted molar refractivity (Wildman–Crippen MR) is 92.4 cm³/mol. The van der Waals surface area contributed by atoms with Crippen LogP contribution in [0.3, 0.4) is 0 Å². The van der Waals surface area contributed by atoms with Crippen molar-refractivity contribution in [2.45, 2.75) is 13.3 Å². The quantitative estimate of drug-likeness (QED) is 0.452. The van der Waals surface area contributed by atoms with Crippen molar-refractivity contribution >= 4 is 35.0 Å². The molecule has 0 aliphatic carbocycles. The number of Topliss-reactive ketones (excluding diaryl/α,β-unsaturated/α-hetero) is 1. The van der Waals surface area contributed by atoms with Crippen LogP contribution in [-0.4, -0.2) is 46.5 Å². The van der Waals surface area contributed by atoms with Gasteiger partial charge in [0.05, 0.1) is 6.54 Å². The average Bonchev–Trinajstić information content (AvgIpc) is 3.18. The van der Waals surface area contributed by atoms with Gasteiger partial charge in [-0.15, -0.1) is 11.3 Å². The zero-order valence-corrected chi connectivity index (χ0v) is 14.4. The molecule has 0 atom stereocenters. The predicted octanol–water partition coefficient (Wildman–Crippen LogP) is 2.27. The Hall–Kier alpha value is -2.80. The lowest BCUT2D eigenvalue weighted by atomic mass is 10.1. The minimum absolute atomic E-state index is 0.124. The van der Waals surface area contributed by atoms with Crippen LogP contribution in [0.25, 0.3) is 0 Å². The Morgan fingerprint density at radius 1 is 1.00 bits per heavy atom. The van der Waals surface area contributed by atoms with Crippen LogP contribution in [0.4, 0.5) is 4.79 Å². The molecule has 1 aromatic heterocycles. The minimum atomic E-state index is -0.948. The number of aryl methyl sites for hydroxylation is 1. The number of thiophene rings is 1. The molecule has 3 rings (SSSR count). The second-order valence-electron chi connectivity index (χ2n) is 5.75. The third kappa shape index (κ3) is 3.51. The summed E-state index contributed by atoms with van der Waals surface area (Å²) in [6.07, 6.45) is 0.488. The number of benzene rings is 1. The fourth-order valence-electron chi connectivity index (χ4n) is 2.54. The van der Waals surface area contributed by atoms with Crippen LogP contribution in [0, 0.1) is 6.92 Å². The maximum Gasteiger partial charge on any atom is 0.334 e. The Labute approximate surface area is 148 Å². The van der Waals surface area contributed by atoms with E-state index in [0.29, 0.717) is 12.0 Å². The Balaban J connectivity index is 1.68. The van der Waals surface area contributed by atoms with Gasteiger partial charge in [-0.3, -0.25) is 19.3 Å². The number of rotatable bonds is 6. The van der Waals surface area contributed by atoms with Gasteiger partial charge in [-0.1, -0.05) is 35.9 Å². The molecule has 1 aliphatic rings. The summed E-state index contributed by atoms with van der Waals surface area (Å²) in [5.74, 6) is -2.20. The zero-order chi connectivity index (χ0) is 18.0. The summed E-state index contributed by atoms with van der Waals surface area (Å²) in [4.78, 5) is 51.4. The van der Waals surface area contributed by atoms with E-state index in [1.54, 1.807) is 24.3 Å². The first-order valence-electron chi connectivity index (χ1n) is 7.77. The van der Waals surface area contributed by atoms with Crippen LogP contribution in [0.2, 0.25) is 0 Å². The molecule has 0 bridgehead atoms. The standard InChI is InChI=1S/C18H16N2O4S/c1-12-4-6-13(7-5-12)15(21)11-20-17(23)16(22)19(18(20)24)9-8-14-3-2-10-25-14/h2-7,10H,8-9,11H2,1H3. The van der Waals surface area contributed by atoms with Crippen LogP contribution in [0.1, 0.15) is 20.8 Å². The van der Waals surface area contributed by atoms with Crippen molar-refractivity contribution in [3.63, 3.8) is 0 Å². The van der Waals surface area contributed by atoms with Crippen molar-refractivity contribution in [2.24, 2.45) is 0 Å². The average molecular weight is 356 g/mol. The van der Waals surface area contributed by atoms with E-state index in [0.717, 1.165) is 20.2 Å². The number of nitrogens with zero attached hydrogens (tertiary/aromatic N) is 2. The van der Waals surface area contributed by atoms with Crippen LogP contribution in [0.5, 0.6) is 0 Å². The first kappa shape index (κ1) is 17.0. The molecular formula is C18H16N2O4S. The van der Waals surface area contributed by atoms with Gasteiger partial charge in [0, 0.05) is 23.4 Å². The molecule has 2 heterocycles. The molecule has 6 nitrogen and oxygen atoms in total. The molecule has 7 heteroatoms. The number of hydrogen-bond donors (Lipinski definition) is 0. The molecule has 0 N–H and O–H groups in total. The molecule has 128 valence electrons. The van der Waals surface area contributed by atoms with E-state index in [1.807, 2.05) is 24.4 Å².